The zero-order valence-corrected chi connectivity index (χ0v) is 11.6. The summed E-state index contributed by atoms with van der Waals surface area (Å²) in [5.74, 6) is 1.88. The molecule has 98 valence electrons. The first-order chi connectivity index (χ1) is 8.04. The van der Waals surface area contributed by atoms with Crippen LogP contribution >= 0.6 is 0 Å². The van der Waals surface area contributed by atoms with Crippen LogP contribution in [0, 0.1) is 11.8 Å². The van der Waals surface area contributed by atoms with Gasteiger partial charge in [0, 0.05) is 6.04 Å². The molecule has 0 aromatic heterocycles. The van der Waals surface area contributed by atoms with Gasteiger partial charge in [-0.3, -0.25) is 10.1 Å². The van der Waals surface area contributed by atoms with Gasteiger partial charge in [-0.05, 0) is 44.4 Å². The maximum Gasteiger partial charge on any atom is 0.241 e. The zero-order valence-electron chi connectivity index (χ0n) is 11.6. The number of amides is 1. The maximum atomic E-state index is 12.3. The number of carbonyl (C=O) groups excluding carboxylic acids is 1. The van der Waals surface area contributed by atoms with Gasteiger partial charge in [0.1, 0.15) is 0 Å². The molecule has 1 N–H and O–H groups in total. The molecular formula is C14H26N2O. The molecule has 17 heavy (non-hydrogen) atoms. The van der Waals surface area contributed by atoms with Crippen LogP contribution in [-0.4, -0.2) is 29.1 Å². The van der Waals surface area contributed by atoms with E-state index < -0.39 is 0 Å². The molecule has 0 aromatic carbocycles. The van der Waals surface area contributed by atoms with E-state index in [9.17, 15) is 4.79 Å². The Hall–Kier alpha value is -0.570. The number of carbonyl (C=O) groups is 1. The van der Waals surface area contributed by atoms with Crippen LogP contribution in [0.2, 0.25) is 0 Å². The Bertz CT molecular complexity index is 292. The molecule has 0 aromatic rings. The Balaban J connectivity index is 2.05. The zero-order chi connectivity index (χ0) is 12.6. The fraction of sp³-hybridized carbons (Fsp3) is 0.929. The van der Waals surface area contributed by atoms with Crippen molar-refractivity contribution in [1.82, 2.24) is 10.2 Å². The standard InChI is InChI=1S/C14H26N2O/c1-5-13-14(17)16(11(4)15-13)12-7-6-9(2)10(3)8-12/h9-13,15H,5-8H2,1-4H3. The van der Waals surface area contributed by atoms with Crippen molar-refractivity contribution >= 4 is 5.91 Å². The summed E-state index contributed by atoms with van der Waals surface area (Å²) in [5, 5.41) is 3.40. The molecule has 1 heterocycles. The molecule has 5 unspecified atom stereocenters. The molecular weight excluding hydrogens is 212 g/mol. The lowest BCUT2D eigenvalue weighted by molar-refractivity contribution is -0.133. The predicted molar refractivity (Wildman–Crippen MR) is 69.5 cm³/mol. The normalized spacial score (nSPS) is 43.2. The molecule has 2 aliphatic rings. The van der Waals surface area contributed by atoms with Crippen molar-refractivity contribution in [3.63, 3.8) is 0 Å². The predicted octanol–water partition coefficient (Wildman–Crippen LogP) is 2.37. The van der Waals surface area contributed by atoms with E-state index in [0.717, 1.165) is 18.3 Å². The van der Waals surface area contributed by atoms with Gasteiger partial charge in [-0.1, -0.05) is 20.8 Å². The van der Waals surface area contributed by atoms with Gasteiger partial charge in [0.05, 0.1) is 12.2 Å². The highest BCUT2D eigenvalue weighted by molar-refractivity contribution is 5.84. The first kappa shape index (κ1) is 12.9. The van der Waals surface area contributed by atoms with Gasteiger partial charge < -0.3 is 4.90 Å². The Kier molecular flexibility index (Phi) is 3.76. The van der Waals surface area contributed by atoms with E-state index >= 15 is 0 Å². The van der Waals surface area contributed by atoms with Gasteiger partial charge in [0.25, 0.3) is 0 Å². The number of hydrogen-bond acceptors (Lipinski definition) is 2. The van der Waals surface area contributed by atoms with Gasteiger partial charge in [0.15, 0.2) is 0 Å². The highest BCUT2D eigenvalue weighted by atomic mass is 16.2. The fourth-order valence-corrected chi connectivity index (χ4v) is 3.37. The number of rotatable bonds is 2. The molecule has 2 fully saturated rings. The first-order valence-corrected chi connectivity index (χ1v) is 7.12. The summed E-state index contributed by atoms with van der Waals surface area (Å²) in [5.41, 5.74) is 0. The molecule has 1 saturated carbocycles. The van der Waals surface area contributed by atoms with Crippen LogP contribution in [0.1, 0.15) is 53.4 Å². The largest absolute Gasteiger partial charge is 0.323 e. The van der Waals surface area contributed by atoms with Crippen molar-refractivity contribution in [2.45, 2.75) is 71.6 Å². The van der Waals surface area contributed by atoms with E-state index in [-0.39, 0.29) is 12.2 Å². The third-order valence-corrected chi connectivity index (χ3v) is 4.78. The molecule has 3 heteroatoms. The third-order valence-electron chi connectivity index (χ3n) is 4.78. The number of nitrogens with one attached hydrogen (secondary N) is 1. The molecule has 1 aliphatic carbocycles. The molecule has 3 nitrogen and oxygen atoms in total. The summed E-state index contributed by atoms with van der Waals surface area (Å²) in [7, 11) is 0. The monoisotopic (exact) mass is 238 g/mol. The molecule has 1 amide bonds. The Labute approximate surface area is 105 Å². The van der Waals surface area contributed by atoms with Gasteiger partial charge >= 0.3 is 0 Å². The number of nitrogens with zero attached hydrogens (tertiary/aromatic N) is 1. The van der Waals surface area contributed by atoms with Gasteiger partial charge in [0.2, 0.25) is 5.91 Å². The van der Waals surface area contributed by atoms with Crippen molar-refractivity contribution in [2.24, 2.45) is 11.8 Å². The summed E-state index contributed by atoms with van der Waals surface area (Å²) in [4.78, 5) is 14.4. The summed E-state index contributed by atoms with van der Waals surface area (Å²) in [6.45, 7) is 8.86. The van der Waals surface area contributed by atoms with E-state index in [1.807, 2.05) is 0 Å². The highest BCUT2D eigenvalue weighted by Crippen LogP contribution is 2.34. The van der Waals surface area contributed by atoms with E-state index in [1.54, 1.807) is 0 Å². The minimum Gasteiger partial charge on any atom is -0.323 e. The fourth-order valence-electron chi connectivity index (χ4n) is 3.37. The first-order valence-electron chi connectivity index (χ1n) is 7.12. The van der Waals surface area contributed by atoms with Gasteiger partial charge in [-0.25, -0.2) is 0 Å². The average Bonchev–Trinajstić information content (AvgIpc) is 2.58. The summed E-state index contributed by atoms with van der Waals surface area (Å²) in [6, 6.07) is 0.521. The second-order valence-corrected chi connectivity index (χ2v) is 5.97. The minimum atomic E-state index is 0.0552. The lowest BCUT2D eigenvalue weighted by atomic mass is 9.78. The smallest absolute Gasteiger partial charge is 0.241 e. The molecule has 0 spiro atoms. The molecule has 5 atom stereocenters. The average molecular weight is 238 g/mol. The van der Waals surface area contributed by atoms with E-state index in [4.69, 9.17) is 0 Å². The van der Waals surface area contributed by atoms with Crippen molar-refractivity contribution in [2.75, 3.05) is 0 Å². The summed E-state index contributed by atoms with van der Waals surface area (Å²) in [6.07, 6.45) is 4.74. The van der Waals surface area contributed by atoms with Crippen LogP contribution in [0.3, 0.4) is 0 Å². The minimum absolute atomic E-state index is 0.0552. The van der Waals surface area contributed by atoms with Crippen LogP contribution in [0.5, 0.6) is 0 Å². The second-order valence-electron chi connectivity index (χ2n) is 5.97. The van der Waals surface area contributed by atoms with E-state index in [0.29, 0.717) is 11.9 Å². The molecule has 1 saturated heterocycles. The molecule has 2 rings (SSSR count). The Morgan fingerprint density at radius 1 is 1.24 bits per heavy atom. The van der Waals surface area contributed by atoms with Crippen LogP contribution in [0.25, 0.3) is 0 Å². The van der Waals surface area contributed by atoms with Crippen LogP contribution < -0.4 is 5.32 Å². The van der Waals surface area contributed by atoms with Crippen LogP contribution in [-0.2, 0) is 4.79 Å². The van der Waals surface area contributed by atoms with Crippen molar-refractivity contribution < 1.29 is 4.79 Å². The van der Waals surface area contributed by atoms with E-state index in [1.165, 1.54) is 19.3 Å². The third kappa shape index (κ3) is 2.35. The molecule has 1 aliphatic heterocycles. The molecule has 0 radical (unpaired) electrons. The van der Waals surface area contributed by atoms with Crippen molar-refractivity contribution in [3.8, 4) is 0 Å². The Morgan fingerprint density at radius 3 is 2.47 bits per heavy atom. The lowest BCUT2D eigenvalue weighted by Crippen LogP contribution is -2.46. The second kappa shape index (κ2) is 4.97. The van der Waals surface area contributed by atoms with Crippen molar-refractivity contribution in [1.29, 1.82) is 0 Å². The van der Waals surface area contributed by atoms with Gasteiger partial charge in [-0.15, -0.1) is 0 Å². The SMILES string of the molecule is CCC1NC(C)N(C2CCC(C)C(C)C2)C1=O. The maximum absolute atomic E-state index is 12.3. The summed E-state index contributed by atoms with van der Waals surface area (Å²) < 4.78 is 0. The highest BCUT2D eigenvalue weighted by Gasteiger charge is 2.41. The lowest BCUT2D eigenvalue weighted by Gasteiger charge is -2.39. The van der Waals surface area contributed by atoms with Crippen LogP contribution in [0.4, 0.5) is 0 Å². The van der Waals surface area contributed by atoms with Crippen molar-refractivity contribution in [3.05, 3.63) is 0 Å². The topological polar surface area (TPSA) is 32.3 Å². The van der Waals surface area contributed by atoms with Crippen LogP contribution in [0.15, 0.2) is 0 Å². The summed E-state index contributed by atoms with van der Waals surface area (Å²) >= 11 is 0. The quantitative estimate of drug-likeness (QED) is 0.801. The van der Waals surface area contributed by atoms with Gasteiger partial charge in [-0.2, -0.15) is 0 Å². The van der Waals surface area contributed by atoms with E-state index in [2.05, 4.69) is 37.9 Å². The number of hydrogen-bond donors (Lipinski definition) is 1. The Morgan fingerprint density at radius 2 is 1.94 bits per heavy atom. The molecule has 0 bridgehead atoms.